The van der Waals surface area contributed by atoms with Crippen molar-refractivity contribution >= 4 is 17.8 Å². The summed E-state index contributed by atoms with van der Waals surface area (Å²) in [7, 11) is 0. The van der Waals surface area contributed by atoms with Gasteiger partial charge in [-0.25, -0.2) is 13.6 Å². The van der Waals surface area contributed by atoms with Crippen molar-refractivity contribution in [1.82, 2.24) is 10.2 Å². The predicted octanol–water partition coefficient (Wildman–Crippen LogP) is 1.73. The van der Waals surface area contributed by atoms with Crippen LogP contribution in [-0.4, -0.2) is 46.9 Å². The number of carboxylic acids is 1. The average molecular weight is 356 g/mol. The summed E-state index contributed by atoms with van der Waals surface area (Å²) in [6.45, 7) is 2.96. The number of rotatable bonds is 9. The van der Waals surface area contributed by atoms with Crippen LogP contribution in [0, 0.1) is 11.6 Å². The number of carboxylic acid groups (broad SMARTS) is 1. The van der Waals surface area contributed by atoms with Crippen LogP contribution in [0.25, 0.3) is 0 Å². The molecule has 1 atom stereocenters. The minimum absolute atomic E-state index is 0.0662. The van der Waals surface area contributed by atoms with Crippen LogP contribution in [0.4, 0.5) is 8.78 Å². The number of amides is 2. The number of aliphatic carboxylic acids is 1. The molecule has 0 radical (unpaired) electrons. The number of halogens is 2. The highest BCUT2D eigenvalue weighted by molar-refractivity contribution is 5.83. The van der Waals surface area contributed by atoms with Gasteiger partial charge in [0.2, 0.25) is 11.8 Å². The van der Waals surface area contributed by atoms with Crippen LogP contribution in [0.1, 0.15) is 32.3 Å². The van der Waals surface area contributed by atoms with Crippen LogP contribution in [0.2, 0.25) is 0 Å². The van der Waals surface area contributed by atoms with Crippen molar-refractivity contribution in [2.45, 2.75) is 39.2 Å². The average Bonchev–Trinajstić information content (AvgIpc) is 2.53. The maximum atomic E-state index is 13.1. The van der Waals surface area contributed by atoms with Gasteiger partial charge in [0.15, 0.2) is 11.6 Å². The summed E-state index contributed by atoms with van der Waals surface area (Å²) in [6, 6.07) is 2.52. The number of nitrogens with one attached hydrogen (secondary N) is 1. The summed E-state index contributed by atoms with van der Waals surface area (Å²) in [5, 5.41) is 11.6. The Morgan fingerprint density at radius 1 is 1.24 bits per heavy atom. The molecule has 1 aromatic rings. The molecule has 0 aliphatic carbocycles. The highest BCUT2D eigenvalue weighted by Gasteiger charge is 2.24. The van der Waals surface area contributed by atoms with E-state index in [2.05, 4.69) is 5.32 Å². The lowest BCUT2D eigenvalue weighted by Gasteiger charge is -2.26. The number of carbonyl (C=O) groups excluding carboxylic acids is 2. The van der Waals surface area contributed by atoms with Crippen molar-refractivity contribution in [2.75, 3.05) is 13.1 Å². The number of nitrogens with zero attached hydrogens (tertiary/aromatic N) is 1. The molecule has 0 aliphatic rings. The molecule has 0 bridgehead atoms. The summed E-state index contributed by atoms with van der Waals surface area (Å²) in [4.78, 5) is 35.5. The Bertz CT molecular complexity index is 637. The molecule has 2 N–H and O–H groups in total. The molecule has 2 amide bonds. The minimum atomic E-state index is -1.14. The van der Waals surface area contributed by atoms with Gasteiger partial charge in [-0.05, 0) is 37.5 Å². The molecule has 8 heteroatoms. The summed E-state index contributed by atoms with van der Waals surface area (Å²) in [5.74, 6) is -3.66. The first-order valence-corrected chi connectivity index (χ1v) is 7.93. The SMILES string of the molecule is CC(=O)NCCN(C(=O)CCCc1ccc(F)c(F)c1)C(C)C(=O)O. The van der Waals surface area contributed by atoms with Gasteiger partial charge in [0.1, 0.15) is 6.04 Å². The van der Waals surface area contributed by atoms with E-state index in [1.165, 1.54) is 24.8 Å². The molecule has 1 aromatic carbocycles. The van der Waals surface area contributed by atoms with E-state index in [1.54, 1.807) is 0 Å². The Balaban J connectivity index is 2.59. The smallest absolute Gasteiger partial charge is 0.326 e. The molecule has 0 heterocycles. The Kier molecular flexibility index (Phi) is 7.97. The Morgan fingerprint density at radius 3 is 2.48 bits per heavy atom. The fourth-order valence-electron chi connectivity index (χ4n) is 2.30. The van der Waals surface area contributed by atoms with Crippen molar-refractivity contribution in [3.63, 3.8) is 0 Å². The van der Waals surface area contributed by atoms with E-state index >= 15 is 0 Å². The van der Waals surface area contributed by atoms with Crippen LogP contribution >= 0.6 is 0 Å². The van der Waals surface area contributed by atoms with Gasteiger partial charge in [0.25, 0.3) is 0 Å². The number of aryl methyl sites for hydroxylation is 1. The molecule has 0 saturated carbocycles. The molecule has 0 fully saturated rings. The van der Waals surface area contributed by atoms with Crippen LogP contribution in [0.5, 0.6) is 0 Å². The van der Waals surface area contributed by atoms with E-state index in [0.717, 1.165) is 12.1 Å². The first-order chi connectivity index (χ1) is 11.7. The zero-order valence-corrected chi connectivity index (χ0v) is 14.2. The third-order valence-electron chi connectivity index (χ3n) is 3.71. The number of carbonyl (C=O) groups is 3. The molecular weight excluding hydrogens is 334 g/mol. The summed E-state index contributed by atoms with van der Waals surface area (Å²) >= 11 is 0. The van der Waals surface area contributed by atoms with Crippen molar-refractivity contribution in [3.05, 3.63) is 35.4 Å². The molecule has 25 heavy (non-hydrogen) atoms. The summed E-state index contributed by atoms with van der Waals surface area (Å²) < 4.78 is 26.0. The van der Waals surface area contributed by atoms with E-state index in [-0.39, 0.29) is 31.3 Å². The zero-order chi connectivity index (χ0) is 19.0. The molecule has 0 aliphatic heterocycles. The van der Waals surface area contributed by atoms with Gasteiger partial charge < -0.3 is 15.3 Å². The van der Waals surface area contributed by atoms with E-state index < -0.39 is 23.6 Å². The lowest BCUT2D eigenvalue weighted by atomic mass is 10.1. The maximum Gasteiger partial charge on any atom is 0.326 e. The summed E-state index contributed by atoms with van der Waals surface area (Å²) in [5.41, 5.74) is 0.558. The van der Waals surface area contributed by atoms with Gasteiger partial charge in [-0.2, -0.15) is 0 Å². The zero-order valence-electron chi connectivity index (χ0n) is 14.2. The second-order valence-corrected chi connectivity index (χ2v) is 5.69. The minimum Gasteiger partial charge on any atom is -0.480 e. The third-order valence-corrected chi connectivity index (χ3v) is 3.71. The first-order valence-electron chi connectivity index (χ1n) is 7.93. The van der Waals surface area contributed by atoms with Crippen molar-refractivity contribution in [3.8, 4) is 0 Å². The van der Waals surface area contributed by atoms with Gasteiger partial charge in [-0.15, -0.1) is 0 Å². The normalized spacial score (nSPS) is 11.7. The fraction of sp³-hybridized carbons (Fsp3) is 0.471. The van der Waals surface area contributed by atoms with E-state index in [9.17, 15) is 23.2 Å². The first kappa shape index (κ1) is 20.5. The largest absolute Gasteiger partial charge is 0.480 e. The van der Waals surface area contributed by atoms with Crippen molar-refractivity contribution < 1.29 is 28.3 Å². The van der Waals surface area contributed by atoms with Gasteiger partial charge in [0, 0.05) is 26.4 Å². The molecule has 6 nitrogen and oxygen atoms in total. The molecule has 0 saturated heterocycles. The second-order valence-electron chi connectivity index (χ2n) is 5.69. The topological polar surface area (TPSA) is 86.7 Å². The maximum absolute atomic E-state index is 13.1. The van der Waals surface area contributed by atoms with Gasteiger partial charge in [0.05, 0.1) is 0 Å². The number of hydrogen-bond acceptors (Lipinski definition) is 3. The van der Waals surface area contributed by atoms with Gasteiger partial charge >= 0.3 is 5.97 Å². The molecule has 1 rings (SSSR count). The van der Waals surface area contributed by atoms with Crippen LogP contribution in [0.3, 0.4) is 0 Å². The Morgan fingerprint density at radius 2 is 1.92 bits per heavy atom. The second kappa shape index (κ2) is 9.71. The standard InChI is InChI=1S/C17H22F2N2O4/c1-11(17(24)25)21(9-8-20-12(2)22)16(23)5-3-4-13-6-7-14(18)15(19)10-13/h6-7,10-11H,3-5,8-9H2,1-2H3,(H,20,22)(H,24,25). The lowest BCUT2D eigenvalue weighted by Crippen LogP contribution is -2.46. The molecule has 138 valence electrons. The number of benzene rings is 1. The Hall–Kier alpha value is -2.51. The molecule has 0 spiro atoms. The molecular formula is C17H22F2N2O4. The van der Waals surface area contributed by atoms with Crippen molar-refractivity contribution in [2.24, 2.45) is 0 Å². The van der Waals surface area contributed by atoms with E-state index in [0.29, 0.717) is 18.4 Å². The highest BCUT2D eigenvalue weighted by atomic mass is 19.2. The quantitative estimate of drug-likeness (QED) is 0.705. The number of hydrogen-bond donors (Lipinski definition) is 2. The molecule has 1 unspecified atom stereocenters. The fourth-order valence-corrected chi connectivity index (χ4v) is 2.30. The lowest BCUT2D eigenvalue weighted by molar-refractivity contribution is -0.149. The Labute approximate surface area is 144 Å². The van der Waals surface area contributed by atoms with Crippen molar-refractivity contribution in [1.29, 1.82) is 0 Å². The van der Waals surface area contributed by atoms with Crippen LogP contribution < -0.4 is 5.32 Å². The van der Waals surface area contributed by atoms with Crippen LogP contribution in [-0.2, 0) is 20.8 Å². The third kappa shape index (κ3) is 6.86. The van der Waals surface area contributed by atoms with Gasteiger partial charge in [-0.1, -0.05) is 6.07 Å². The molecule has 0 aromatic heterocycles. The van der Waals surface area contributed by atoms with Gasteiger partial charge in [-0.3, -0.25) is 9.59 Å². The monoisotopic (exact) mass is 356 g/mol. The predicted molar refractivity (Wildman–Crippen MR) is 86.8 cm³/mol. The highest BCUT2D eigenvalue weighted by Crippen LogP contribution is 2.12. The van der Waals surface area contributed by atoms with E-state index in [1.807, 2.05) is 0 Å². The van der Waals surface area contributed by atoms with E-state index in [4.69, 9.17) is 5.11 Å². The van der Waals surface area contributed by atoms with Crippen LogP contribution in [0.15, 0.2) is 18.2 Å². The summed E-state index contributed by atoms with van der Waals surface area (Å²) in [6.07, 6.45) is 0.799.